The maximum absolute atomic E-state index is 12.3. The second-order valence-corrected chi connectivity index (χ2v) is 9.58. The van der Waals surface area contributed by atoms with Gasteiger partial charge < -0.3 is 29.0 Å². The van der Waals surface area contributed by atoms with Crippen molar-refractivity contribution in [2.24, 2.45) is 0 Å². The molecule has 0 spiro atoms. The molecule has 8 nitrogen and oxygen atoms in total. The molecule has 0 saturated carbocycles. The highest BCUT2D eigenvalue weighted by molar-refractivity contribution is 5.77. The minimum Gasteiger partial charge on any atom is -0.496 e. The molecule has 0 saturated heterocycles. The van der Waals surface area contributed by atoms with Crippen molar-refractivity contribution in [3.8, 4) is 23.0 Å². The minimum absolute atomic E-state index is 0.0102. The quantitative estimate of drug-likeness (QED) is 0.601. The number of fused-ring (bicyclic) bond motifs is 2. The van der Waals surface area contributed by atoms with Crippen LogP contribution in [0.15, 0.2) is 24.3 Å². The molecule has 1 N–H and O–H groups in total. The van der Waals surface area contributed by atoms with E-state index in [1.807, 2.05) is 24.3 Å². The van der Waals surface area contributed by atoms with Crippen LogP contribution in [0.25, 0.3) is 0 Å². The smallest absolute Gasteiger partial charge is 0.407 e. The number of esters is 1. The Morgan fingerprint density at radius 3 is 1.94 bits per heavy atom. The SMILES string of the molecule is COC(=O)Cc1c(OC)ccc2c1Oc1c(ccc(OC)c1CNC(=O)OC(C)(C)C)C2(C)C. The van der Waals surface area contributed by atoms with Crippen LogP contribution in [0.4, 0.5) is 4.79 Å². The van der Waals surface area contributed by atoms with Crippen LogP contribution in [-0.2, 0) is 32.6 Å². The number of methoxy groups -OCH3 is 3. The summed E-state index contributed by atoms with van der Waals surface area (Å²) in [5.74, 6) is 1.78. The Bertz CT molecular complexity index is 1100. The third-order valence-corrected chi connectivity index (χ3v) is 5.78. The third kappa shape index (κ3) is 4.90. The molecule has 1 heterocycles. The van der Waals surface area contributed by atoms with Crippen molar-refractivity contribution in [3.05, 3.63) is 46.5 Å². The maximum atomic E-state index is 12.3. The Kier molecular flexibility index (Phi) is 7.00. The van der Waals surface area contributed by atoms with Gasteiger partial charge in [0.1, 0.15) is 28.6 Å². The lowest BCUT2D eigenvalue weighted by molar-refractivity contribution is -0.139. The molecule has 1 aliphatic heterocycles. The Labute approximate surface area is 200 Å². The molecule has 0 atom stereocenters. The normalized spacial score (nSPS) is 13.6. The monoisotopic (exact) mass is 471 g/mol. The van der Waals surface area contributed by atoms with Gasteiger partial charge in [0.05, 0.1) is 39.9 Å². The summed E-state index contributed by atoms with van der Waals surface area (Å²) in [6.45, 7) is 9.70. The first-order valence-corrected chi connectivity index (χ1v) is 11.0. The molecule has 0 bridgehead atoms. The average molecular weight is 472 g/mol. The Balaban J connectivity index is 2.11. The van der Waals surface area contributed by atoms with Crippen LogP contribution in [0, 0.1) is 0 Å². The summed E-state index contributed by atoms with van der Waals surface area (Å²) in [6.07, 6.45) is -0.556. The highest BCUT2D eigenvalue weighted by atomic mass is 16.6. The molecule has 0 aliphatic carbocycles. The minimum atomic E-state index is -0.624. The van der Waals surface area contributed by atoms with Crippen molar-refractivity contribution in [2.75, 3.05) is 21.3 Å². The molecule has 0 fully saturated rings. The van der Waals surface area contributed by atoms with E-state index in [1.165, 1.54) is 7.11 Å². The van der Waals surface area contributed by atoms with Crippen molar-refractivity contribution < 1.29 is 33.3 Å². The van der Waals surface area contributed by atoms with E-state index in [-0.39, 0.29) is 13.0 Å². The lowest BCUT2D eigenvalue weighted by Gasteiger charge is -2.37. The molecular formula is C26H33NO7. The van der Waals surface area contributed by atoms with Crippen LogP contribution in [0.3, 0.4) is 0 Å². The summed E-state index contributed by atoms with van der Waals surface area (Å²) in [4.78, 5) is 24.5. The van der Waals surface area contributed by atoms with Gasteiger partial charge in [-0.15, -0.1) is 0 Å². The van der Waals surface area contributed by atoms with E-state index in [1.54, 1.807) is 35.0 Å². The number of carbonyl (C=O) groups is 2. The topological polar surface area (TPSA) is 92.3 Å². The molecule has 0 aromatic heterocycles. The van der Waals surface area contributed by atoms with Gasteiger partial charge in [0.2, 0.25) is 0 Å². The number of benzene rings is 2. The molecule has 2 aromatic carbocycles. The molecule has 0 unspecified atom stereocenters. The molecular weight excluding hydrogens is 438 g/mol. The summed E-state index contributed by atoms with van der Waals surface area (Å²) in [7, 11) is 4.45. The van der Waals surface area contributed by atoms with E-state index in [0.29, 0.717) is 34.1 Å². The number of carbonyl (C=O) groups excluding carboxylic acids is 2. The fourth-order valence-corrected chi connectivity index (χ4v) is 4.09. The van der Waals surface area contributed by atoms with Gasteiger partial charge in [-0.05, 0) is 32.9 Å². The molecule has 2 aromatic rings. The first kappa shape index (κ1) is 25.2. The number of hydrogen-bond donors (Lipinski definition) is 1. The Morgan fingerprint density at radius 2 is 1.44 bits per heavy atom. The summed E-state index contributed by atoms with van der Waals surface area (Å²) in [5.41, 5.74) is 2.01. The highest BCUT2D eigenvalue weighted by Gasteiger charge is 2.38. The van der Waals surface area contributed by atoms with Crippen molar-refractivity contribution >= 4 is 12.1 Å². The summed E-state index contributed by atoms with van der Waals surface area (Å²) >= 11 is 0. The van der Waals surface area contributed by atoms with Gasteiger partial charge in [0.15, 0.2) is 0 Å². The van der Waals surface area contributed by atoms with Gasteiger partial charge >= 0.3 is 12.1 Å². The number of amides is 1. The lowest BCUT2D eigenvalue weighted by Crippen LogP contribution is -2.33. The first-order chi connectivity index (χ1) is 15.9. The highest BCUT2D eigenvalue weighted by Crippen LogP contribution is 2.53. The summed E-state index contributed by atoms with van der Waals surface area (Å²) in [5, 5.41) is 2.79. The fourth-order valence-electron chi connectivity index (χ4n) is 4.09. The van der Waals surface area contributed by atoms with Crippen molar-refractivity contribution in [3.63, 3.8) is 0 Å². The Hall–Kier alpha value is -3.42. The molecule has 3 rings (SSSR count). The standard InChI is InChI=1S/C26H33NO7/c1-25(2,3)34-24(29)27-14-16-20(31-7)12-10-18-23(16)33-22-15(13-21(28)32-8)19(30-6)11-9-17(22)26(18,4)5/h9-12H,13-14H2,1-8H3,(H,27,29). The fraction of sp³-hybridized carbons (Fsp3) is 0.462. The van der Waals surface area contributed by atoms with Crippen LogP contribution < -0.4 is 19.5 Å². The molecule has 8 heteroatoms. The van der Waals surface area contributed by atoms with Gasteiger partial charge in [0.25, 0.3) is 0 Å². The largest absolute Gasteiger partial charge is 0.496 e. The predicted molar refractivity (Wildman–Crippen MR) is 127 cm³/mol. The third-order valence-electron chi connectivity index (χ3n) is 5.78. The average Bonchev–Trinajstić information content (AvgIpc) is 2.76. The van der Waals surface area contributed by atoms with Crippen LogP contribution in [-0.4, -0.2) is 39.0 Å². The molecule has 1 amide bonds. The zero-order valence-corrected chi connectivity index (χ0v) is 21.1. The number of alkyl carbamates (subject to hydrolysis) is 1. The second-order valence-electron chi connectivity index (χ2n) is 9.58. The van der Waals surface area contributed by atoms with Crippen molar-refractivity contribution in [2.45, 2.75) is 58.6 Å². The van der Waals surface area contributed by atoms with Crippen molar-refractivity contribution in [1.82, 2.24) is 5.32 Å². The van der Waals surface area contributed by atoms with E-state index >= 15 is 0 Å². The van der Waals surface area contributed by atoms with Crippen LogP contribution in [0.5, 0.6) is 23.0 Å². The lowest BCUT2D eigenvalue weighted by atomic mass is 9.74. The summed E-state index contributed by atoms with van der Waals surface area (Å²) in [6, 6.07) is 7.60. The van der Waals surface area contributed by atoms with E-state index in [2.05, 4.69) is 19.2 Å². The molecule has 34 heavy (non-hydrogen) atoms. The van der Waals surface area contributed by atoms with Gasteiger partial charge in [-0.25, -0.2) is 4.79 Å². The second kappa shape index (κ2) is 9.44. The Morgan fingerprint density at radius 1 is 0.912 bits per heavy atom. The van der Waals surface area contributed by atoms with E-state index in [4.69, 9.17) is 23.7 Å². The van der Waals surface area contributed by atoms with E-state index in [0.717, 1.165) is 11.1 Å². The number of hydrogen-bond acceptors (Lipinski definition) is 7. The van der Waals surface area contributed by atoms with Gasteiger partial charge in [-0.2, -0.15) is 0 Å². The van der Waals surface area contributed by atoms with Crippen LogP contribution in [0.2, 0.25) is 0 Å². The number of nitrogens with one attached hydrogen (secondary N) is 1. The number of rotatable bonds is 6. The van der Waals surface area contributed by atoms with E-state index < -0.39 is 23.1 Å². The maximum Gasteiger partial charge on any atom is 0.407 e. The molecule has 1 aliphatic rings. The first-order valence-electron chi connectivity index (χ1n) is 11.0. The predicted octanol–water partition coefficient (Wildman–Crippen LogP) is 4.88. The van der Waals surface area contributed by atoms with Gasteiger partial charge in [-0.3, -0.25) is 4.79 Å². The van der Waals surface area contributed by atoms with Crippen molar-refractivity contribution in [1.29, 1.82) is 0 Å². The zero-order valence-electron chi connectivity index (χ0n) is 21.1. The molecule has 184 valence electrons. The molecule has 0 radical (unpaired) electrons. The zero-order chi connectivity index (χ0) is 25.3. The summed E-state index contributed by atoms with van der Waals surface area (Å²) < 4.78 is 27.9. The van der Waals surface area contributed by atoms with Crippen LogP contribution in [0.1, 0.15) is 56.9 Å². The van der Waals surface area contributed by atoms with E-state index in [9.17, 15) is 9.59 Å². The van der Waals surface area contributed by atoms with Crippen LogP contribution >= 0.6 is 0 Å². The van der Waals surface area contributed by atoms with Gasteiger partial charge in [-0.1, -0.05) is 26.0 Å². The number of ether oxygens (including phenoxy) is 5. The van der Waals surface area contributed by atoms with Gasteiger partial charge in [0, 0.05) is 22.1 Å².